The van der Waals surface area contributed by atoms with Crippen LogP contribution in [0.2, 0.25) is 0 Å². The Morgan fingerprint density at radius 1 is 1.55 bits per heavy atom. The number of hydrogen-bond donors (Lipinski definition) is 1. The van der Waals surface area contributed by atoms with Gasteiger partial charge in [0.25, 0.3) is 0 Å². The van der Waals surface area contributed by atoms with Gasteiger partial charge < -0.3 is 5.73 Å². The molecule has 0 unspecified atom stereocenters. The summed E-state index contributed by atoms with van der Waals surface area (Å²) in [4.78, 5) is 7.52. The van der Waals surface area contributed by atoms with Crippen LogP contribution in [0.25, 0.3) is 0 Å². The van der Waals surface area contributed by atoms with Crippen molar-refractivity contribution in [2.45, 2.75) is 13.3 Å². The molecule has 60 valence electrons. The van der Waals surface area contributed by atoms with Crippen LogP contribution in [0.3, 0.4) is 0 Å². The van der Waals surface area contributed by atoms with Crippen molar-refractivity contribution in [3.63, 3.8) is 0 Å². The molecule has 0 aliphatic heterocycles. The van der Waals surface area contributed by atoms with Crippen molar-refractivity contribution in [1.82, 2.24) is 9.97 Å². The van der Waals surface area contributed by atoms with Crippen molar-refractivity contribution in [3.05, 3.63) is 16.2 Å². The zero-order valence-electron chi connectivity index (χ0n) is 5.93. The minimum Gasteiger partial charge on any atom is -0.381 e. The Balaban J connectivity index is 3.21. The maximum atomic E-state index is 12.8. The third kappa shape index (κ3) is 1.65. The number of aromatic nitrogens is 2. The number of anilines is 1. The number of nitrogens with two attached hydrogens (primary N) is 1. The second-order valence-electron chi connectivity index (χ2n) is 1.98. The van der Waals surface area contributed by atoms with Crippen molar-refractivity contribution in [2.24, 2.45) is 0 Å². The minimum atomic E-state index is -0.595. The van der Waals surface area contributed by atoms with Crippen molar-refractivity contribution < 1.29 is 4.39 Å². The molecule has 1 aromatic rings. The zero-order chi connectivity index (χ0) is 8.43. The summed E-state index contributed by atoms with van der Waals surface area (Å²) < 4.78 is 12.9. The van der Waals surface area contributed by atoms with Gasteiger partial charge in [0.1, 0.15) is 10.4 Å². The first-order valence-corrected chi connectivity index (χ1v) is 3.91. The van der Waals surface area contributed by atoms with E-state index in [0.717, 1.165) is 0 Å². The normalized spacial score (nSPS) is 10.1. The molecule has 0 saturated heterocycles. The molecule has 0 aliphatic rings. The molecule has 11 heavy (non-hydrogen) atoms. The number of nitrogen functional groups attached to an aromatic ring is 1. The summed E-state index contributed by atoms with van der Waals surface area (Å²) in [6, 6.07) is 0. The average molecular weight is 220 g/mol. The summed E-state index contributed by atoms with van der Waals surface area (Å²) >= 11 is 2.93. The SMILES string of the molecule is CCc1nc(N)c(F)c(Br)n1. The van der Waals surface area contributed by atoms with Crippen LogP contribution in [-0.2, 0) is 6.42 Å². The predicted molar refractivity (Wildman–Crippen MR) is 43.5 cm³/mol. The van der Waals surface area contributed by atoms with Crippen LogP contribution < -0.4 is 5.73 Å². The predicted octanol–water partition coefficient (Wildman–Crippen LogP) is 1.52. The van der Waals surface area contributed by atoms with Crippen LogP contribution in [0.4, 0.5) is 10.2 Å². The van der Waals surface area contributed by atoms with Gasteiger partial charge in [0.2, 0.25) is 0 Å². The van der Waals surface area contributed by atoms with Gasteiger partial charge in [-0.15, -0.1) is 0 Å². The third-order valence-electron chi connectivity index (χ3n) is 1.20. The van der Waals surface area contributed by atoms with Gasteiger partial charge >= 0.3 is 0 Å². The molecule has 0 spiro atoms. The highest BCUT2D eigenvalue weighted by Crippen LogP contribution is 2.16. The Kier molecular flexibility index (Phi) is 2.38. The first-order valence-electron chi connectivity index (χ1n) is 3.12. The number of nitrogens with zero attached hydrogens (tertiary/aromatic N) is 2. The fourth-order valence-electron chi connectivity index (χ4n) is 0.639. The van der Waals surface area contributed by atoms with Gasteiger partial charge in [-0.1, -0.05) is 6.92 Å². The zero-order valence-corrected chi connectivity index (χ0v) is 7.52. The van der Waals surface area contributed by atoms with Crippen molar-refractivity contribution in [3.8, 4) is 0 Å². The second kappa shape index (κ2) is 3.13. The summed E-state index contributed by atoms with van der Waals surface area (Å²) in [6.45, 7) is 1.87. The van der Waals surface area contributed by atoms with E-state index in [1.807, 2.05) is 6.92 Å². The Bertz CT molecular complexity index is 254. The van der Waals surface area contributed by atoms with E-state index in [4.69, 9.17) is 5.73 Å². The molecule has 2 N–H and O–H groups in total. The van der Waals surface area contributed by atoms with E-state index in [2.05, 4.69) is 25.9 Å². The quantitative estimate of drug-likeness (QED) is 0.730. The monoisotopic (exact) mass is 219 g/mol. The van der Waals surface area contributed by atoms with E-state index in [9.17, 15) is 4.39 Å². The molecule has 5 heteroatoms. The lowest BCUT2D eigenvalue weighted by atomic mass is 10.4. The number of aryl methyl sites for hydroxylation is 1. The van der Waals surface area contributed by atoms with Crippen LogP contribution in [0.5, 0.6) is 0 Å². The van der Waals surface area contributed by atoms with Crippen LogP contribution in [0, 0.1) is 5.82 Å². The van der Waals surface area contributed by atoms with E-state index in [-0.39, 0.29) is 10.4 Å². The van der Waals surface area contributed by atoms with Crippen molar-refractivity contribution >= 4 is 21.7 Å². The number of hydrogen-bond acceptors (Lipinski definition) is 3. The molecule has 0 amide bonds. The molecule has 0 saturated carbocycles. The summed E-state index contributed by atoms with van der Waals surface area (Å²) in [5.74, 6) is -0.165. The van der Waals surface area contributed by atoms with Gasteiger partial charge in [0.05, 0.1) is 0 Å². The second-order valence-corrected chi connectivity index (χ2v) is 2.73. The smallest absolute Gasteiger partial charge is 0.197 e. The van der Waals surface area contributed by atoms with Gasteiger partial charge in [-0.25, -0.2) is 9.97 Å². The Morgan fingerprint density at radius 2 is 2.18 bits per heavy atom. The lowest BCUT2D eigenvalue weighted by molar-refractivity contribution is 0.606. The topological polar surface area (TPSA) is 51.8 Å². The molecule has 3 nitrogen and oxygen atoms in total. The number of halogens is 2. The van der Waals surface area contributed by atoms with Crippen molar-refractivity contribution in [1.29, 1.82) is 0 Å². The van der Waals surface area contributed by atoms with Gasteiger partial charge in [0.15, 0.2) is 11.6 Å². The minimum absolute atomic E-state index is 0.108. The van der Waals surface area contributed by atoms with Gasteiger partial charge in [-0.2, -0.15) is 4.39 Å². The van der Waals surface area contributed by atoms with Crippen LogP contribution in [0.15, 0.2) is 4.60 Å². The maximum absolute atomic E-state index is 12.8. The molecule has 1 heterocycles. The van der Waals surface area contributed by atoms with Crippen LogP contribution in [0.1, 0.15) is 12.7 Å². The summed E-state index contributed by atoms with van der Waals surface area (Å²) in [7, 11) is 0. The summed E-state index contributed by atoms with van der Waals surface area (Å²) in [6.07, 6.45) is 0.642. The van der Waals surface area contributed by atoms with E-state index in [1.165, 1.54) is 0 Å². The van der Waals surface area contributed by atoms with Crippen LogP contribution in [-0.4, -0.2) is 9.97 Å². The van der Waals surface area contributed by atoms with Gasteiger partial charge in [0, 0.05) is 6.42 Å². The lowest BCUT2D eigenvalue weighted by Crippen LogP contribution is -2.02. The average Bonchev–Trinajstić information content (AvgIpc) is 1.99. The van der Waals surface area contributed by atoms with Gasteiger partial charge in [-0.3, -0.25) is 0 Å². The molecule has 0 radical (unpaired) electrons. The molecule has 0 aliphatic carbocycles. The molecule has 1 rings (SSSR count). The largest absolute Gasteiger partial charge is 0.381 e. The molecule has 1 aromatic heterocycles. The van der Waals surface area contributed by atoms with Gasteiger partial charge in [-0.05, 0) is 15.9 Å². The van der Waals surface area contributed by atoms with Crippen molar-refractivity contribution in [2.75, 3.05) is 5.73 Å². The molecular formula is C6H7BrFN3. The fraction of sp³-hybridized carbons (Fsp3) is 0.333. The molecular weight excluding hydrogens is 213 g/mol. The first-order chi connectivity index (χ1) is 5.15. The maximum Gasteiger partial charge on any atom is 0.197 e. The Hall–Kier alpha value is -0.710. The molecule has 0 fully saturated rings. The van der Waals surface area contributed by atoms with E-state index in [1.54, 1.807) is 0 Å². The number of rotatable bonds is 1. The Labute approximate surface area is 72.0 Å². The lowest BCUT2D eigenvalue weighted by Gasteiger charge is -2.00. The summed E-state index contributed by atoms with van der Waals surface area (Å²) in [5, 5.41) is 0. The molecule has 0 aromatic carbocycles. The highest BCUT2D eigenvalue weighted by atomic mass is 79.9. The standard InChI is InChI=1S/C6H7BrFN3/c1-2-3-10-5(7)4(8)6(9)11-3/h2H2,1H3,(H2,9,10,11). The summed E-state index contributed by atoms with van der Waals surface area (Å²) in [5.41, 5.74) is 5.24. The van der Waals surface area contributed by atoms with E-state index in [0.29, 0.717) is 12.2 Å². The highest BCUT2D eigenvalue weighted by molar-refractivity contribution is 9.10. The Morgan fingerprint density at radius 3 is 2.64 bits per heavy atom. The van der Waals surface area contributed by atoms with Crippen LogP contribution >= 0.6 is 15.9 Å². The van der Waals surface area contributed by atoms with E-state index >= 15 is 0 Å². The van der Waals surface area contributed by atoms with E-state index < -0.39 is 5.82 Å². The first kappa shape index (κ1) is 8.39. The highest BCUT2D eigenvalue weighted by Gasteiger charge is 2.07. The molecule has 0 atom stereocenters. The third-order valence-corrected chi connectivity index (χ3v) is 1.72. The molecule has 0 bridgehead atoms. The fourth-order valence-corrected chi connectivity index (χ4v) is 1.05.